The average Bonchev–Trinajstić information content (AvgIpc) is 2.43. The van der Waals surface area contributed by atoms with E-state index in [0.717, 1.165) is 6.61 Å². The Labute approximate surface area is 123 Å². The van der Waals surface area contributed by atoms with Crippen LogP contribution in [0.4, 0.5) is 0 Å². The predicted octanol–water partition coefficient (Wildman–Crippen LogP) is 3.85. The summed E-state index contributed by atoms with van der Waals surface area (Å²) in [5.41, 5.74) is 0.296. The summed E-state index contributed by atoms with van der Waals surface area (Å²) < 4.78 is 6.33. The van der Waals surface area contributed by atoms with E-state index in [1.54, 1.807) is 0 Å². The molecule has 1 N–H and O–H groups in total. The maximum atomic E-state index is 5.82. The van der Waals surface area contributed by atoms with Crippen molar-refractivity contribution in [3.8, 4) is 0 Å². The monoisotopic (exact) mass is 285 g/mol. The molecule has 2 atom stereocenters. The van der Waals surface area contributed by atoms with E-state index in [0.29, 0.717) is 22.3 Å². The van der Waals surface area contributed by atoms with Crippen molar-refractivity contribution in [3.63, 3.8) is 0 Å². The van der Waals surface area contributed by atoms with Gasteiger partial charge in [-0.1, -0.05) is 33.1 Å². The second-order valence-corrected chi connectivity index (χ2v) is 8.16. The lowest BCUT2D eigenvalue weighted by Gasteiger charge is -2.53. The van der Waals surface area contributed by atoms with Crippen LogP contribution in [0.25, 0.3) is 0 Å². The van der Waals surface area contributed by atoms with Crippen LogP contribution in [0.3, 0.4) is 0 Å². The van der Waals surface area contributed by atoms with Crippen LogP contribution in [-0.4, -0.2) is 36.3 Å². The number of hydrogen-bond acceptors (Lipinski definition) is 3. The number of rotatable bonds is 6. The maximum absolute atomic E-state index is 5.82. The molecule has 2 nitrogen and oxygen atoms in total. The molecule has 0 bridgehead atoms. The molecule has 2 saturated carbocycles. The zero-order valence-electron chi connectivity index (χ0n) is 13.1. The minimum absolute atomic E-state index is 0.296. The first-order valence-corrected chi connectivity index (χ1v) is 9.17. The van der Waals surface area contributed by atoms with Crippen LogP contribution in [-0.2, 0) is 4.74 Å². The third kappa shape index (κ3) is 3.30. The molecule has 0 aromatic heterocycles. The van der Waals surface area contributed by atoms with Gasteiger partial charge in [-0.15, -0.1) is 0 Å². The number of ether oxygens (including phenoxy) is 1. The van der Waals surface area contributed by atoms with E-state index in [4.69, 9.17) is 4.74 Å². The number of hydrogen-bond donors (Lipinski definition) is 1. The molecule has 0 aromatic carbocycles. The van der Waals surface area contributed by atoms with Crippen molar-refractivity contribution < 1.29 is 4.74 Å². The summed E-state index contributed by atoms with van der Waals surface area (Å²) in [4.78, 5) is 0. The minimum atomic E-state index is 0.296. The quantitative estimate of drug-likeness (QED) is 0.801. The Morgan fingerprint density at radius 3 is 2.42 bits per heavy atom. The highest BCUT2D eigenvalue weighted by atomic mass is 32.2. The zero-order valence-corrected chi connectivity index (χ0v) is 13.9. The van der Waals surface area contributed by atoms with Crippen LogP contribution in [0.1, 0.15) is 59.3 Å². The van der Waals surface area contributed by atoms with Gasteiger partial charge in [-0.05, 0) is 32.4 Å². The average molecular weight is 285 g/mol. The summed E-state index contributed by atoms with van der Waals surface area (Å²) in [7, 11) is 0. The van der Waals surface area contributed by atoms with E-state index in [-0.39, 0.29) is 0 Å². The van der Waals surface area contributed by atoms with Gasteiger partial charge in [0.25, 0.3) is 0 Å². The fourth-order valence-corrected chi connectivity index (χ4v) is 4.60. The van der Waals surface area contributed by atoms with Crippen molar-refractivity contribution in [2.24, 2.45) is 5.41 Å². The molecule has 0 saturated heterocycles. The maximum Gasteiger partial charge on any atom is 0.0655 e. The van der Waals surface area contributed by atoms with Gasteiger partial charge in [-0.2, -0.15) is 11.8 Å². The van der Waals surface area contributed by atoms with E-state index in [9.17, 15) is 0 Å². The van der Waals surface area contributed by atoms with Crippen molar-refractivity contribution in [1.82, 2.24) is 5.32 Å². The zero-order chi connectivity index (χ0) is 13.9. The third-order valence-corrected chi connectivity index (χ3v) is 6.83. The van der Waals surface area contributed by atoms with Crippen molar-refractivity contribution in [1.29, 1.82) is 0 Å². The van der Waals surface area contributed by atoms with Crippen LogP contribution < -0.4 is 5.32 Å². The summed E-state index contributed by atoms with van der Waals surface area (Å²) in [5.74, 6) is 0. The highest BCUT2D eigenvalue weighted by Crippen LogP contribution is 2.44. The summed E-state index contributed by atoms with van der Waals surface area (Å²) in [6.45, 7) is 8.82. The SMILES string of the molecule is CCOC1CC(NCC2(SC)CCCCC2)C1(C)C. The Morgan fingerprint density at radius 2 is 1.89 bits per heavy atom. The molecule has 0 amide bonds. The van der Waals surface area contributed by atoms with Crippen LogP contribution in [0.5, 0.6) is 0 Å². The number of nitrogens with one attached hydrogen (secondary N) is 1. The largest absolute Gasteiger partial charge is 0.378 e. The van der Waals surface area contributed by atoms with Gasteiger partial charge in [0.1, 0.15) is 0 Å². The first-order chi connectivity index (χ1) is 9.04. The van der Waals surface area contributed by atoms with Gasteiger partial charge in [-0.3, -0.25) is 0 Å². The molecular weight excluding hydrogens is 254 g/mol. The third-order valence-electron chi connectivity index (χ3n) is 5.41. The van der Waals surface area contributed by atoms with Gasteiger partial charge < -0.3 is 10.1 Å². The van der Waals surface area contributed by atoms with E-state index in [2.05, 4.69) is 44.1 Å². The molecule has 0 aliphatic heterocycles. The molecular formula is C16H31NOS. The second kappa shape index (κ2) is 6.36. The van der Waals surface area contributed by atoms with E-state index in [1.165, 1.54) is 45.1 Å². The molecule has 0 spiro atoms. The molecule has 2 rings (SSSR count). The summed E-state index contributed by atoms with van der Waals surface area (Å²) in [5, 5.41) is 3.86. The van der Waals surface area contributed by atoms with Crippen LogP contribution >= 0.6 is 11.8 Å². The first kappa shape index (κ1) is 15.7. The van der Waals surface area contributed by atoms with Gasteiger partial charge in [-0.25, -0.2) is 0 Å². The molecule has 112 valence electrons. The normalized spacial score (nSPS) is 32.8. The first-order valence-electron chi connectivity index (χ1n) is 7.94. The van der Waals surface area contributed by atoms with Gasteiger partial charge in [0.05, 0.1) is 6.10 Å². The van der Waals surface area contributed by atoms with Gasteiger partial charge >= 0.3 is 0 Å². The summed E-state index contributed by atoms with van der Waals surface area (Å²) in [6.07, 6.45) is 11.0. The smallest absolute Gasteiger partial charge is 0.0655 e. The Balaban J connectivity index is 1.82. The lowest BCUT2D eigenvalue weighted by molar-refractivity contribution is -0.114. The predicted molar refractivity (Wildman–Crippen MR) is 84.9 cm³/mol. The highest BCUT2D eigenvalue weighted by Gasteiger charge is 2.49. The fraction of sp³-hybridized carbons (Fsp3) is 1.00. The molecule has 2 unspecified atom stereocenters. The van der Waals surface area contributed by atoms with Crippen molar-refractivity contribution in [3.05, 3.63) is 0 Å². The molecule has 2 aliphatic carbocycles. The fourth-order valence-electron chi connectivity index (χ4n) is 3.67. The van der Waals surface area contributed by atoms with E-state index >= 15 is 0 Å². The van der Waals surface area contributed by atoms with Gasteiger partial charge in [0.15, 0.2) is 0 Å². The van der Waals surface area contributed by atoms with Crippen molar-refractivity contribution >= 4 is 11.8 Å². The Hall–Kier alpha value is 0.270. The lowest BCUT2D eigenvalue weighted by atomic mass is 9.64. The second-order valence-electron chi connectivity index (χ2n) is 6.88. The van der Waals surface area contributed by atoms with Crippen LogP contribution in [0.2, 0.25) is 0 Å². The lowest BCUT2D eigenvalue weighted by Crippen LogP contribution is -2.62. The Kier molecular flexibility index (Phi) is 5.24. The molecule has 19 heavy (non-hydrogen) atoms. The van der Waals surface area contributed by atoms with Crippen LogP contribution in [0, 0.1) is 5.41 Å². The van der Waals surface area contributed by atoms with E-state index in [1.807, 2.05) is 0 Å². The topological polar surface area (TPSA) is 21.3 Å². The highest BCUT2D eigenvalue weighted by molar-refractivity contribution is 8.00. The summed E-state index contributed by atoms with van der Waals surface area (Å²) in [6, 6.07) is 0.634. The Morgan fingerprint density at radius 1 is 1.21 bits per heavy atom. The molecule has 0 radical (unpaired) electrons. The van der Waals surface area contributed by atoms with Crippen molar-refractivity contribution in [2.45, 2.75) is 76.2 Å². The van der Waals surface area contributed by atoms with Crippen LogP contribution in [0.15, 0.2) is 0 Å². The molecule has 3 heteroatoms. The molecule has 2 aliphatic rings. The van der Waals surface area contributed by atoms with Crippen molar-refractivity contribution in [2.75, 3.05) is 19.4 Å². The molecule has 0 aromatic rings. The minimum Gasteiger partial charge on any atom is -0.378 e. The Bertz CT molecular complexity index is 286. The summed E-state index contributed by atoms with van der Waals surface area (Å²) >= 11 is 2.09. The van der Waals surface area contributed by atoms with Gasteiger partial charge in [0.2, 0.25) is 0 Å². The van der Waals surface area contributed by atoms with Gasteiger partial charge in [0, 0.05) is 29.4 Å². The molecule has 2 fully saturated rings. The van der Waals surface area contributed by atoms with E-state index < -0.39 is 0 Å². The number of thioether (sulfide) groups is 1. The molecule has 0 heterocycles. The standard InChI is InChI=1S/C16H31NOS/c1-5-18-14-11-13(15(14,2)3)17-12-16(19-4)9-7-6-8-10-16/h13-14,17H,5-12H2,1-4H3.